The monoisotopic (exact) mass is 300 g/mol. The van der Waals surface area contributed by atoms with Crippen LogP contribution in [0.3, 0.4) is 0 Å². The van der Waals surface area contributed by atoms with E-state index in [1.54, 1.807) is 18.4 Å². The average molecular weight is 300 g/mol. The fourth-order valence-corrected chi connectivity index (χ4v) is 3.65. The Morgan fingerprint density at radius 3 is 2.86 bits per heavy atom. The molecule has 0 spiro atoms. The van der Waals surface area contributed by atoms with Crippen LogP contribution in [-0.4, -0.2) is 16.7 Å². The van der Waals surface area contributed by atoms with E-state index in [0.29, 0.717) is 12.2 Å². The number of hydrogen-bond acceptors (Lipinski definition) is 5. The minimum absolute atomic E-state index is 0.237. The fourth-order valence-electron chi connectivity index (χ4n) is 3.65. The minimum Gasteiger partial charge on any atom is -0.469 e. The standard InChI is InChI=1S/C16H16N2O4/c1-16-9-11(13-7-4-8-21-13)14(18(19)20)15(22-16)10-5-2-3-6-12(10)17-16/h2-8,11,14-15,17H,9H2,1H3/t11-,14-,15+,16+/m0/s1. The van der Waals surface area contributed by atoms with Crippen LogP contribution in [-0.2, 0) is 4.74 Å². The van der Waals surface area contributed by atoms with E-state index in [2.05, 4.69) is 5.32 Å². The molecule has 0 saturated carbocycles. The fraction of sp³-hybridized carbons (Fsp3) is 0.375. The maximum atomic E-state index is 11.7. The van der Waals surface area contributed by atoms with Gasteiger partial charge in [0.2, 0.25) is 0 Å². The molecule has 0 aliphatic carbocycles. The lowest BCUT2D eigenvalue weighted by Gasteiger charge is -2.48. The van der Waals surface area contributed by atoms with Gasteiger partial charge in [0.15, 0.2) is 6.10 Å². The van der Waals surface area contributed by atoms with Crippen LogP contribution in [0.1, 0.15) is 36.7 Å². The number of hydrogen-bond donors (Lipinski definition) is 1. The van der Waals surface area contributed by atoms with E-state index in [4.69, 9.17) is 9.15 Å². The van der Waals surface area contributed by atoms with Crippen molar-refractivity contribution in [3.05, 3.63) is 64.1 Å². The Labute approximate surface area is 127 Å². The van der Waals surface area contributed by atoms with Crippen molar-refractivity contribution in [1.82, 2.24) is 0 Å². The summed E-state index contributed by atoms with van der Waals surface area (Å²) < 4.78 is 11.5. The van der Waals surface area contributed by atoms with Gasteiger partial charge in [0, 0.05) is 22.6 Å². The molecule has 1 fully saturated rings. The summed E-state index contributed by atoms with van der Waals surface area (Å²) in [4.78, 5) is 11.5. The van der Waals surface area contributed by atoms with Gasteiger partial charge < -0.3 is 14.5 Å². The third kappa shape index (κ3) is 1.91. The van der Waals surface area contributed by atoms with Gasteiger partial charge in [-0.25, -0.2) is 0 Å². The number of nitrogens with zero attached hydrogens (tertiary/aromatic N) is 1. The highest BCUT2D eigenvalue weighted by Gasteiger charge is 2.55. The van der Waals surface area contributed by atoms with Gasteiger partial charge in [-0.15, -0.1) is 0 Å². The van der Waals surface area contributed by atoms with Gasteiger partial charge in [-0.1, -0.05) is 18.2 Å². The van der Waals surface area contributed by atoms with Gasteiger partial charge in [-0.3, -0.25) is 10.1 Å². The highest BCUT2D eigenvalue weighted by atomic mass is 16.6. The van der Waals surface area contributed by atoms with Gasteiger partial charge in [-0.05, 0) is 25.1 Å². The first-order chi connectivity index (χ1) is 10.6. The Bertz CT molecular complexity index is 715. The van der Waals surface area contributed by atoms with Crippen molar-refractivity contribution in [2.45, 2.75) is 37.1 Å². The molecule has 0 unspecified atom stereocenters. The zero-order valence-corrected chi connectivity index (χ0v) is 12.1. The number of furan rings is 1. The highest BCUT2D eigenvalue weighted by Crippen LogP contribution is 2.51. The third-order valence-electron chi connectivity index (χ3n) is 4.54. The van der Waals surface area contributed by atoms with Crippen LogP contribution in [0, 0.1) is 10.1 Å². The van der Waals surface area contributed by atoms with E-state index in [-0.39, 0.29) is 10.8 Å². The molecule has 2 aliphatic heterocycles. The van der Waals surface area contributed by atoms with Crippen molar-refractivity contribution in [3.8, 4) is 0 Å². The Morgan fingerprint density at radius 2 is 2.14 bits per heavy atom. The first-order valence-corrected chi connectivity index (χ1v) is 7.29. The zero-order chi connectivity index (χ0) is 15.3. The van der Waals surface area contributed by atoms with Crippen LogP contribution in [0.25, 0.3) is 0 Å². The molecule has 22 heavy (non-hydrogen) atoms. The summed E-state index contributed by atoms with van der Waals surface area (Å²) in [5, 5.41) is 15.1. The lowest BCUT2D eigenvalue weighted by atomic mass is 9.78. The van der Waals surface area contributed by atoms with E-state index < -0.39 is 17.9 Å². The van der Waals surface area contributed by atoms with E-state index in [9.17, 15) is 10.1 Å². The topological polar surface area (TPSA) is 77.5 Å². The van der Waals surface area contributed by atoms with E-state index >= 15 is 0 Å². The normalized spacial score (nSPS) is 32.9. The second-order valence-corrected chi connectivity index (χ2v) is 6.08. The maximum Gasteiger partial charge on any atom is 0.253 e. The maximum absolute atomic E-state index is 11.7. The van der Waals surface area contributed by atoms with E-state index in [1.807, 2.05) is 31.2 Å². The summed E-state index contributed by atoms with van der Waals surface area (Å²) in [6, 6.07) is 10.3. The summed E-state index contributed by atoms with van der Waals surface area (Å²) >= 11 is 0. The number of para-hydroxylation sites is 1. The molecule has 2 bridgehead atoms. The van der Waals surface area contributed by atoms with Gasteiger partial charge in [0.1, 0.15) is 11.5 Å². The molecule has 114 valence electrons. The summed E-state index contributed by atoms with van der Waals surface area (Å²) in [6.07, 6.45) is 1.46. The molecular weight excluding hydrogens is 284 g/mol. The number of fused-ring (bicyclic) bond motifs is 4. The van der Waals surface area contributed by atoms with E-state index in [1.165, 1.54) is 0 Å². The molecule has 1 aromatic carbocycles. The van der Waals surface area contributed by atoms with Gasteiger partial charge >= 0.3 is 0 Å². The number of rotatable bonds is 2. The highest BCUT2D eigenvalue weighted by molar-refractivity contribution is 5.56. The Kier molecular flexibility index (Phi) is 2.77. The van der Waals surface area contributed by atoms with Gasteiger partial charge in [-0.2, -0.15) is 0 Å². The quantitative estimate of drug-likeness (QED) is 0.680. The number of ether oxygens (including phenoxy) is 1. The molecule has 2 aromatic rings. The van der Waals surface area contributed by atoms with Crippen LogP contribution in [0.15, 0.2) is 47.1 Å². The van der Waals surface area contributed by atoms with Crippen molar-refractivity contribution < 1.29 is 14.1 Å². The largest absolute Gasteiger partial charge is 0.469 e. The number of anilines is 1. The van der Waals surface area contributed by atoms with Crippen molar-refractivity contribution >= 4 is 5.69 Å². The molecule has 4 atom stereocenters. The third-order valence-corrected chi connectivity index (χ3v) is 4.54. The molecule has 3 heterocycles. The van der Waals surface area contributed by atoms with Gasteiger partial charge in [0.25, 0.3) is 6.04 Å². The molecule has 1 saturated heterocycles. The number of nitrogens with one attached hydrogen (secondary N) is 1. The number of benzene rings is 1. The van der Waals surface area contributed by atoms with Crippen LogP contribution in [0.4, 0.5) is 5.69 Å². The van der Waals surface area contributed by atoms with Crippen LogP contribution in [0.2, 0.25) is 0 Å². The Balaban J connectivity index is 1.85. The Hall–Kier alpha value is -2.34. The summed E-state index contributed by atoms with van der Waals surface area (Å²) in [6.45, 7) is 1.93. The predicted octanol–water partition coefficient (Wildman–Crippen LogP) is 3.31. The zero-order valence-electron chi connectivity index (χ0n) is 12.1. The molecule has 4 rings (SSSR count). The second kappa shape index (κ2) is 4.58. The summed E-state index contributed by atoms with van der Waals surface area (Å²) in [7, 11) is 0. The lowest BCUT2D eigenvalue weighted by Crippen LogP contribution is -2.54. The van der Waals surface area contributed by atoms with Crippen molar-refractivity contribution in [2.24, 2.45) is 0 Å². The predicted molar refractivity (Wildman–Crippen MR) is 79.1 cm³/mol. The Morgan fingerprint density at radius 1 is 1.32 bits per heavy atom. The smallest absolute Gasteiger partial charge is 0.253 e. The first-order valence-electron chi connectivity index (χ1n) is 7.29. The summed E-state index contributed by atoms with van der Waals surface area (Å²) in [5.41, 5.74) is 1.10. The van der Waals surface area contributed by atoms with Crippen LogP contribution < -0.4 is 5.32 Å². The molecule has 6 nitrogen and oxygen atoms in total. The van der Waals surface area contributed by atoms with Crippen LogP contribution in [0.5, 0.6) is 0 Å². The summed E-state index contributed by atoms with van der Waals surface area (Å²) in [5.74, 6) is 0.317. The van der Waals surface area contributed by atoms with Gasteiger partial charge in [0.05, 0.1) is 12.2 Å². The lowest BCUT2D eigenvalue weighted by molar-refractivity contribution is -0.551. The first kappa shape index (κ1) is 13.3. The molecule has 0 radical (unpaired) electrons. The SMILES string of the molecule is C[C@]12C[C@@H](c3ccco3)[C@H]([N+](=O)[O-])[C@H](O1)c1ccccc1N2. The molecule has 2 aliphatic rings. The molecule has 1 N–H and O–H groups in total. The average Bonchev–Trinajstić information content (AvgIpc) is 2.99. The van der Waals surface area contributed by atoms with Crippen LogP contribution >= 0.6 is 0 Å². The van der Waals surface area contributed by atoms with Crippen molar-refractivity contribution in [2.75, 3.05) is 5.32 Å². The minimum atomic E-state index is -0.859. The number of nitro groups is 1. The molecule has 6 heteroatoms. The molecular formula is C16H16N2O4. The molecule has 1 aromatic heterocycles. The van der Waals surface area contributed by atoms with E-state index in [0.717, 1.165) is 11.3 Å². The van der Waals surface area contributed by atoms with Crippen molar-refractivity contribution in [1.29, 1.82) is 0 Å². The van der Waals surface area contributed by atoms with Crippen molar-refractivity contribution in [3.63, 3.8) is 0 Å². The molecule has 0 amide bonds. The second-order valence-electron chi connectivity index (χ2n) is 6.08.